The highest BCUT2D eigenvalue weighted by molar-refractivity contribution is 4.76. The Kier molecular flexibility index (Phi) is 8.01. The molecule has 19 heavy (non-hydrogen) atoms. The summed E-state index contributed by atoms with van der Waals surface area (Å²) >= 11 is 0. The van der Waals surface area contributed by atoms with Gasteiger partial charge in [-0.2, -0.15) is 0 Å². The van der Waals surface area contributed by atoms with E-state index in [-0.39, 0.29) is 0 Å². The molecule has 0 aromatic heterocycles. The van der Waals surface area contributed by atoms with E-state index in [4.69, 9.17) is 0 Å². The summed E-state index contributed by atoms with van der Waals surface area (Å²) in [6.07, 6.45) is 5.59. The largest absolute Gasteiger partial charge is 0.301 e. The van der Waals surface area contributed by atoms with Gasteiger partial charge in [0.2, 0.25) is 0 Å². The number of piperazine rings is 1. The van der Waals surface area contributed by atoms with Gasteiger partial charge in [-0.1, -0.05) is 33.6 Å². The van der Waals surface area contributed by atoms with Crippen LogP contribution in [0.25, 0.3) is 0 Å². The first kappa shape index (κ1) is 17.0. The first-order valence-electron chi connectivity index (χ1n) is 8.49. The number of hydrogen-bond acceptors (Lipinski definition) is 2. The molecule has 2 heteroatoms. The van der Waals surface area contributed by atoms with Crippen LogP contribution in [0.5, 0.6) is 0 Å². The Morgan fingerprint density at radius 2 is 1.58 bits per heavy atom. The van der Waals surface area contributed by atoms with Gasteiger partial charge in [0.15, 0.2) is 0 Å². The van der Waals surface area contributed by atoms with Crippen molar-refractivity contribution in [2.45, 2.75) is 66.3 Å². The van der Waals surface area contributed by atoms with Crippen LogP contribution >= 0.6 is 0 Å². The second kappa shape index (κ2) is 8.97. The molecule has 0 N–H and O–H groups in total. The van der Waals surface area contributed by atoms with Crippen LogP contribution in [-0.4, -0.2) is 48.6 Å². The summed E-state index contributed by atoms with van der Waals surface area (Å²) in [5.74, 6) is 1.77. The van der Waals surface area contributed by atoms with Crippen molar-refractivity contribution in [1.82, 2.24) is 9.80 Å². The highest BCUT2D eigenvalue weighted by atomic mass is 15.3. The standard InChI is InChI=1S/C17H36N2/c1-6-7-8-17(13-15(2)3)14-18-9-11-19(12-10-18)16(4)5/h15-17H,6-14H2,1-5H3. The molecule has 0 bridgehead atoms. The lowest BCUT2D eigenvalue weighted by Crippen LogP contribution is -2.49. The molecule has 0 aromatic rings. The summed E-state index contributed by atoms with van der Waals surface area (Å²) in [6.45, 7) is 18.1. The second-order valence-electron chi connectivity index (χ2n) is 7.07. The molecule has 114 valence electrons. The fraction of sp³-hybridized carbons (Fsp3) is 1.00. The highest BCUT2D eigenvalue weighted by Gasteiger charge is 2.21. The summed E-state index contributed by atoms with van der Waals surface area (Å²) in [4.78, 5) is 5.32. The Bertz CT molecular complexity index is 217. The number of unbranched alkanes of at least 4 members (excludes halogenated alkanes) is 1. The van der Waals surface area contributed by atoms with Crippen LogP contribution in [0.15, 0.2) is 0 Å². The predicted octanol–water partition coefficient (Wildman–Crippen LogP) is 3.86. The number of hydrogen-bond donors (Lipinski definition) is 0. The van der Waals surface area contributed by atoms with Gasteiger partial charge in [-0.3, -0.25) is 4.90 Å². The summed E-state index contributed by atoms with van der Waals surface area (Å²) in [5.41, 5.74) is 0. The monoisotopic (exact) mass is 268 g/mol. The molecule has 1 rings (SSSR count). The second-order valence-corrected chi connectivity index (χ2v) is 7.07. The molecular formula is C17H36N2. The van der Waals surface area contributed by atoms with Crippen LogP contribution in [0.1, 0.15) is 60.3 Å². The zero-order chi connectivity index (χ0) is 14.3. The normalized spacial score (nSPS) is 20.4. The molecule has 0 aromatic carbocycles. The molecule has 1 atom stereocenters. The topological polar surface area (TPSA) is 6.48 Å². The Morgan fingerprint density at radius 3 is 2.05 bits per heavy atom. The van der Waals surface area contributed by atoms with Crippen molar-refractivity contribution >= 4 is 0 Å². The molecule has 0 radical (unpaired) electrons. The van der Waals surface area contributed by atoms with Crippen molar-refractivity contribution in [2.24, 2.45) is 11.8 Å². The van der Waals surface area contributed by atoms with Crippen molar-refractivity contribution in [3.8, 4) is 0 Å². The van der Waals surface area contributed by atoms with Crippen LogP contribution < -0.4 is 0 Å². The van der Waals surface area contributed by atoms with Gasteiger partial charge in [-0.05, 0) is 38.5 Å². The van der Waals surface area contributed by atoms with E-state index >= 15 is 0 Å². The van der Waals surface area contributed by atoms with Gasteiger partial charge < -0.3 is 4.90 Å². The molecule has 0 amide bonds. The highest BCUT2D eigenvalue weighted by Crippen LogP contribution is 2.20. The van der Waals surface area contributed by atoms with E-state index in [1.165, 1.54) is 58.4 Å². The van der Waals surface area contributed by atoms with E-state index in [1.807, 2.05) is 0 Å². The third-order valence-electron chi connectivity index (χ3n) is 4.42. The molecule has 1 aliphatic heterocycles. The van der Waals surface area contributed by atoms with Crippen LogP contribution in [-0.2, 0) is 0 Å². The van der Waals surface area contributed by atoms with Crippen molar-refractivity contribution in [1.29, 1.82) is 0 Å². The third-order valence-corrected chi connectivity index (χ3v) is 4.42. The van der Waals surface area contributed by atoms with Gasteiger partial charge in [-0.25, -0.2) is 0 Å². The molecule has 1 heterocycles. The van der Waals surface area contributed by atoms with E-state index < -0.39 is 0 Å². The fourth-order valence-electron chi connectivity index (χ4n) is 3.27. The lowest BCUT2D eigenvalue weighted by Gasteiger charge is -2.38. The van der Waals surface area contributed by atoms with Crippen LogP contribution in [0.3, 0.4) is 0 Å². The minimum Gasteiger partial charge on any atom is -0.301 e. The zero-order valence-corrected chi connectivity index (χ0v) is 14.0. The minimum atomic E-state index is 0.716. The maximum Gasteiger partial charge on any atom is 0.0113 e. The van der Waals surface area contributed by atoms with Crippen molar-refractivity contribution < 1.29 is 0 Å². The van der Waals surface area contributed by atoms with Gasteiger partial charge in [0.25, 0.3) is 0 Å². The van der Waals surface area contributed by atoms with E-state index in [9.17, 15) is 0 Å². The maximum absolute atomic E-state index is 2.71. The van der Waals surface area contributed by atoms with Gasteiger partial charge in [0.05, 0.1) is 0 Å². The fourth-order valence-corrected chi connectivity index (χ4v) is 3.27. The summed E-state index contributed by atoms with van der Waals surface area (Å²) in [6, 6.07) is 0.716. The first-order chi connectivity index (χ1) is 9.02. The number of nitrogens with zero attached hydrogens (tertiary/aromatic N) is 2. The zero-order valence-electron chi connectivity index (χ0n) is 14.0. The average Bonchev–Trinajstić information content (AvgIpc) is 2.36. The molecule has 1 unspecified atom stereocenters. The van der Waals surface area contributed by atoms with Crippen LogP contribution in [0.4, 0.5) is 0 Å². The van der Waals surface area contributed by atoms with Crippen molar-refractivity contribution in [2.75, 3.05) is 32.7 Å². The quantitative estimate of drug-likeness (QED) is 0.659. The predicted molar refractivity (Wildman–Crippen MR) is 85.6 cm³/mol. The summed E-state index contributed by atoms with van der Waals surface area (Å²) in [7, 11) is 0. The van der Waals surface area contributed by atoms with Gasteiger partial charge >= 0.3 is 0 Å². The Hall–Kier alpha value is -0.0800. The Labute approximate surface area is 121 Å². The van der Waals surface area contributed by atoms with Gasteiger partial charge in [-0.15, -0.1) is 0 Å². The first-order valence-corrected chi connectivity index (χ1v) is 8.49. The minimum absolute atomic E-state index is 0.716. The molecule has 0 saturated carbocycles. The SMILES string of the molecule is CCCCC(CC(C)C)CN1CCN(C(C)C)CC1. The van der Waals surface area contributed by atoms with Gasteiger partial charge in [0, 0.05) is 38.8 Å². The number of rotatable bonds is 8. The molecule has 0 aliphatic carbocycles. The summed E-state index contributed by atoms with van der Waals surface area (Å²) < 4.78 is 0. The molecule has 1 fully saturated rings. The average molecular weight is 268 g/mol. The van der Waals surface area contributed by atoms with E-state index in [1.54, 1.807) is 0 Å². The third kappa shape index (κ3) is 6.76. The van der Waals surface area contributed by atoms with Crippen LogP contribution in [0.2, 0.25) is 0 Å². The molecule has 1 aliphatic rings. The Morgan fingerprint density at radius 1 is 0.947 bits per heavy atom. The van der Waals surface area contributed by atoms with Crippen molar-refractivity contribution in [3.05, 3.63) is 0 Å². The van der Waals surface area contributed by atoms with E-state index in [2.05, 4.69) is 44.4 Å². The molecule has 0 spiro atoms. The molecule has 2 nitrogen and oxygen atoms in total. The lowest BCUT2D eigenvalue weighted by atomic mass is 9.91. The van der Waals surface area contributed by atoms with Crippen LogP contribution in [0, 0.1) is 11.8 Å². The van der Waals surface area contributed by atoms with Gasteiger partial charge in [0.1, 0.15) is 0 Å². The van der Waals surface area contributed by atoms with E-state index in [0.29, 0.717) is 6.04 Å². The lowest BCUT2D eigenvalue weighted by molar-refractivity contribution is 0.0919. The Balaban J connectivity index is 2.33. The van der Waals surface area contributed by atoms with E-state index in [0.717, 1.165) is 11.8 Å². The summed E-state index contributed by atoms with van der Waals surface area (Å²) in [5, 5.41) is 0. The molecular weight excluding hydrogens is 232 g/mol. The van der Waals surface area contributed by atoms with Crippen molar-refractivity contribution in [3.63, 3.8) is 0 Å². The maximum atomic E-state index is 2.71. The smallest absolute Gasteiger partial charge is 0.0113 e. The molecule has 1 saturated heterocycles.